The lowest BCUT2D eigenvalue weighted by Gasteiger charge is -2.25. The summed E-state index contributed by atoms with van der Waals surface area (Å²) in [6.07, 6.45) is -0.599. The Balaban J connectivity index is 1.36. The number of thioether (sulfide) groups is 1. The number of amides is 3. The van der Waals surface area contributed by atoms with Crippen LogP contribution in [0.15, 0.2) is 121 Å². The maximum Gasteiger partial charge on any atom is 0.408 e. The van der Waals surface area contributed by atoms with Crippen molar-refractivity contribution >= 4 is 41.6 Å². The summed E-state index contributed by atoms with van der Waals surface area (Å²) in [6, 6.07) is 34.2. The minimum Gasteiger partial charge on any atom is -0.459 e. The van der Waals surface area contributed by atoms with Gasteiger partial charge in [-0.2, -0.15) is 11.8 Å². The summed E-state index contributed by atoms with van der Waals surface area (Å²) in [5.41, 5.74) is 3.43. The van der Waals surface area contributed by atoms with Crippen LogP contribution in [-0.4, -0.2) is 53.7 Å². The van der Waals surface area contributed by atoms with Gasteiger partial charge >= 0.3 is 18.0 Å². The second-order valence-corrected chi connectivity index (χ2v) is 14.2. The molecule has 0 radical (unpaired) electrons. The summed E-state index contributed by atoms with van der Waals surface area (Å²) >= 11 is 1.47. The summed E-state index contributed by atoms with van der Waals surface area (Å²) in [5.74, 6) is -1.65. The quantitative estimate of drug-likeness (QED) is 0.0639. The fraction of sp³-hybridized carbons (Fsp3) is 0.326. The predicted molar refractivity (Wildman–Crippen MR) is 211 cm³/mol. The Bertz CT molecular complexity index is 1780. The van der Waals surface area contributed by atoms with Gasteiger partial charge < -0.3 is 30.2 Å². The van der Waals surface area contributed by atoms with Gasteiger partial charge in [-0.05, 0) is 41.0 Å². The van der Waals surface area contributed by atoms with Crippen LogP contribution in [0.25, 0.3) is 0 Å². The summed E-state index contributed by atoms with van der Waals surface area (Å²) in [7, 11) is 0. The Morgan fingerprint density at radius 3 is 1.55 bits per heavy atom. The third kappa shape index (κ3) is 15.7. The molecule has 0 heterocycles. The second-order valence-electron chi connectivity index (χ2n) is 13.2. The fourth-order valence-electron chi connectivity index (χ4n) is 5.34. The minimum absolute atomic E-state index is 0.00596. The Labute approximate surface area is 326 Å². The maximum atomic E-state index is 13.7. The molecule has 3 N–H and O–H groups in total. The van der Waals surface area contributed by atoms with Crippen LogP contribution in [0.2, 0.25) is 0 Å². The van der Waals surface area contributed by atoms with Gasteiger partial charge in [0.2, 0.25) is 11.8 Å². The molecule has 3 amide bonds. The first-order valence-electron chi connectivity index (χ1n) is 18.3. The van der Waals surface area contributed by atoms with Gasteiger partial charge in [-0.15, -0.1) is 0 Å². The first-order valence-corrected chi connectivity index (χ1v) is 19.4. The van der Waals surface area contributed by atoms with Crippen LogP contribution in [0.5, 0.6) is 0 Å². The molecule has 12 heteroatoms. The molecular weight excluding hydrogens is 719 g/mol. The van der Waals surface area contributed by atoms with Crippen LogP contribution < -0.4 is 16.0 Å². The average molecular weight is 768 g/mol. The van der Waals surface area contributed by atoms with E-state index < -0.39 is 48.0 Å². The van der Waals surface area contributed by atoms with E-state index in [0.717, 1.165) is 22.3 Å². The monoisotopic (exact) mass is 767 g/mol. The molecule has 0 saturated carbocycles. The molecule has 55 heavy (non-hydrogen) atoms. The van der Waals surface area contributed by atoms with Crippen molar-refractivity contribution in [3.8, 4) is 0 Å². The summed E-state index contributed by atoms with van der Waals surface area (Å²) in [5, 5.41) is 8.21. The van der Waals surface area contributed by atoms with E-state index in [1.807, 2.05) is 121 Å². The van der Waals surface area contributed by atoms with Crippen molar-refractivity contribution in [3.05, 3.63) is 144 Å². The van der Waals surface area contributed by atoms with E-state index in [4.69, 9.17) is 14.2 Å². The van der Waals surface area contributed by atoms with Crippen molar-refractivity contribution in [2.45, 2.75) is 76.8 Å². The zero-order valence-corrected chi connectivity index (χ0v) is 32.0. The second kappa shape index (κ2) is 23.2. The van der Waals surface area contributed by atoms with Crippen molar-refractivity contribution in [2.24, 2.45) is 5.92 Å². The number of alkyl carbamates (subject to hydrolysis) is 1. The van der Waals surface area contributed by atoms with Crippen LogP contribution in [0.4, 0.5) is 4.79 Å². The molecule has 0 saturated heterocycles. The summed E-state index contributed by atoms with van der Waals surface area (Å²) < 4.78 is 16.4. The molecule has 11 nitrogen and oxygen atoms in total. The molecule has 4 aromatic rings. The van der Waals surface area contributed by atoms with Gasteiger partial charge in [0, 0.05) is 17.9 Å². The number of hydrogen-bond acceptors (Lipinski definition) is 9. The van der Waals surface area contributed by atoms with Gasteiger partial charge in [0.1, 0.15) is 37.9 Å². The number of benzene rings is 4. The highest BCUT2D eigenvalue weighted by molar-refractivity contribution is 7.98. The van der Waals surface area contributed by atoms with E-state index in [0.29, 0.717) is 5.75 Å². The molecule has 3 atom stereocenters. The number of hydrogen-bond donors (Lipinski definition) is 3. The molecule has 0 bridgehead atoms. The van der Waals surface area contributed by atoms with E-state index in [1.54, 1.807) is 13.8 Å². The molecule has 4 rings (SSSR count). The van der Waals surface area contributed by atoms with E-state index in [2.05, 4.69) is 16.0 Å². The molecule has 3 unspecified atom stereocenters. The number of rotatable bonds is 21. The van der Waals surface area contributed by atoms with Crippen LogP contribution in [-0.2, 0) is 59.0 Å². The molecule has 0 aromatic heterocycles. The molecule has 0 aliphatic rings. The molecular formula is C43H49N3O8S. The summed E-state index contributed by atoms with van der Waals surface area (Å²) in [4.78, 5) is 66.0. The van der Waals surface area contributed by atoms with Crippen LogP contribution in [0.1, 0.15) is 55.4 Å². The first-order chi connectivity index (χ1) is 26.7. The Kier molecular flexibility index (Phi) is 17.8. The predicted octanol–water partition coefficient (Wildman–Crippen LogP) is 6.50. The highest BCUT2D eigenvalue weighted by Gasteiger charge is 2.30. The fourth-order valence-corrected chi connectivity index (χ4v) is 6.36. The van der Waals surface area contributed by atoms with Gasteiger partial charge in [0.25, 0.3) is 0 Å². The number of nitrogens with one attached hydrogen (secondary N) is 3. The van der Waals surface area contributed by atoms with E-state index in [1.165, 1.54) is 11.8 Å². The van der Waals surface area contributed by atoms with Gasteiger partial charge in [-0.3, -0.25) is 9.59 Å². The lowest BCUT2D eigenvalue weighted by molar-refractivity contribution is -0.150. The number of ether oxygens (including phenoxy) is 3. The smallest absolute Gasteiger partial charge is 0.408 e. The van der Waals surface area contributed by atoms with Gasteiger partial charge in [-0.1, -0.05) is 135 Å². The van der Waals surface area contributed by atoms with Gasteiger partial charge in [0.05, 0.1) is 0 Å². The van der Waals surface area contributed by atoms with Crippen molar-refractivity contribution in [1.82, 2.24) is 16.0 Å². The molecule has 0 aliphatic heterocycles. The lowest BCUT2D eigenvalue weighted by atomic mass is 10.0. The van der Waals surface area contributed by atoms with Crippen molar-refractivity contribution < 1.29 is 38.2 Å². The highest BCUT2D eigenvalue weighted by atomic mass is 32.2. The normalized spacial score (nSPS) is 12.4. The minimum atomic E-state index is -1.09. The van der Waals surface area contributed by atoms with Crippen molar-refractivity contribution in [3.63, 3.8) is 0 Å². The molecule has 4 aromatic carbocycles. The molecule has 290 valence electrons. The van der Waals surface area contributed by atoms with Gasteiger partial charge in [0.15, 0.2) is 0 Å². The third-order valence-corrected chi connectivity index (χ3v) is 9.51. The standard InChI is InChI=1S/C43H49N3O8S/c1-31(2)39(42(50)53-27-33-18-9-4-10-19-33)46-40(48)37(30-55-29-35-22-13-6-14-23-35)44-38(47)25-15-24-36(41(49)52-26-32-16-7-3-8-17-32)45-43(51)54-28-34-20-11-5-12-21-34/h3-14,16-23,31,36-37,39H,15,24-30H2,1-2H3,(H,44,47)(H,45,51)(H,46,48). The highest BCUT2D eigenvalue weighted by Crippen LogP contribution is 2.15. The Morgan fingerprint density at radius 1 is 0.564 bits per heavy atom. The van der Waals surface area contributed by atoms with Crippen LogP contribution >= 0.6 is 11.8 Å². The molecule has 0 fully saturated rings. The summed E-state index contributed by atoms with van der Waals surface area (Å²) in [6.45, 7) is 3.69. The van der Waals surface area contributed by atoms with Crippen LogP contribution in [0.3, 0.4) is 0 Å². The first kappa shape index (κ1) is 42.1. The number of carbonyl (C=O) groups excluding carboxylic acids is 5. The SMILES string of the molecule is CC(C)C(NC(=O)C(CSCc1ccccc1)NC(=O)CCCC(NC(=O)OCc1ccccc1)C(=O)OCc1ccccc1)C(=O)OCc1ccccc1. The zero-order chi connectivity index (χ0) is 39.3. The molecule has 0 spiro atoms. The Morgan fingerprint density at radius 2 is 1.04 bits per heavy atom. The maximum absolute atomic E-state index is 13.7. The number of carbonyl (C=O) groups is 5. The van der Waals surface area contributed by atoms with E-state index >= 15 is 0 Å². The topological polar surface area (TPSA) is 149 Å². The van der Waals surface area contributed by atoms with E-state index in [9.17, 15) is 24.0 Å². The Hall–Kier alpha value is -5.62. The van der Waals surface area contributed by atoms with Crippen molar-refractivity contribution in [1.29, 1.82) is 0 Å². The third-order valence-electron chi connectivity index (χ3n) is 8.40. The van der Waals surface area contributed by atoms with Crippen molar-refractivity contribution in [2.75, 3.05) is 5.75 Å². The largest absolute Gasteiger partial charge is 0.459 e. The zero-order valence-electron chi connectivity index (χ0n) is 31.2. The molecule has 0 aliphatic carbocycles. The lowest BCUT2D eigenvalue weighted by Crippen LogP contribution is -2.54. The number of esters is 2. The van der Waals surface area contributed by atoms with Gasteiger partial charge in [-0.25, -0.2) is 14.4 Å². The average Bonchev–Trinajstić information content (AvgIpc) is 3.20. The van der Waals surface area contributed by atoms with E-state index in [-0.39, 0.29) is 50.8 Å². The van der Waals surface area contributed by atoms with Crippen LogP contribution in [0, 0.1) is 5.92 Å².